The van der Waals surface area contributed by atoms with E-state index in [0.29, 0.717) is 0 Å². The van der Waals surface area contributed by atoms with E-state index in [-0.39, 0.29) is 5.69 Å². The summed E-state index contributed by atoms with van der Waals surface area (Å²) < 4.78 is 44.8. The third-order valence-corrected chi connectivity index (χ3v) is 2.74. The van der Waals surface area contributed by atoms with Crippen molar-refractivity contribution >= 4 is 17.7 Å². The monoisotopic (exact) mass is 333 g/mol. The molecule has 0 saturated heterocycles. The first-order valence-electron chi connectivity index (χ1n) is 6.79. The molecule has 0 spiro atoms. The molecule has 0 fully saturated rings. The summed E-state index contributed by atoms with van der Waals surface area (Å²) >= 11 is 0. The van der Waals surface area contributed by atoms with Crippen molar-refractivity contribution in [3.8, 4) is 0 Å². The van der Waals surface area contributed by atoms with E-state index in [1.165, 1.54) is 6.07 Å². The van der Waals surface area contributed by atoms with Crippen molar-refractivity contribution in [2.75, 3.05) is 5.32 Å². The molecule has 1 aromatic rings. The van der Waals surface area contributed by atoms with Crippen molar-refractivity contribution in [2.24, 2.45) is 0 Å². The average molecular weight is 333 g/mol. The molecule has 0 radical (unpaired) electrons. The Hall–Kier alpha value is -2.25. The zero-order valence-electron chi connectivity index (χ0n) is 12.9. The van der Waals surface area contributed by atoms with Crippen LogP contribution < -0.4 is 5.32 Å². The number of carboxylic acids is 1. The number of rotatable bonds is 5. The lowest BCUT2D eigenvalue weighted by molar-refractivity contribution is -0.138. The van der Waals surface area contributed by atoms with Crippen LogP contribution in [0.25, 0.3) is 0 Å². The Balaban J connectivity index is 2.92. The molecule has 2 N–H and O–H groups in total. The van der Waals surface area contributed by atoms with E-state index in [1.807, 2.05) is 0 Å². The third-order valence-electron chi connectivity index (χ3n) is 2.74. The van der Waals surface area contributed by atoms with Gasteiger partial charge in [-0.05, 0) is 38.5 Å². The number of amides is 1. The van der Waals surface area contributed by atoms with Crippen LogP contribution in [0.15, 0.2) is 18.2 Å². The minimum atomic E-state index is -3.02. The summed E-state index contributed by atoms with van der Waals surface area (Å²) in [6.07, 6.45) is -4.74. The Bertz CT molecular complexity index is 585. The Morgan fingerprint density at radius 1 is 1.30 bits per heavy atom. The van der Waals surface area contributed by atoms with Gasteiger partial charge in [-0.25, -0.2) is 18.0 Å². The van der Waals surface area contributed by atoms with Crippen molar-refractivity contribution < 1.29 is 32.6 Å². The maximum Gasteiger partial charge on any atom is 0.412 e. The summed E-state index contributed by atoms with van der Waals surface area (Å²) in [5.41, 5.74) is -1.15. The minimum Gasteiger partial charge on any atom is -0.481 e. The normalized spacial score (nSPS) is 12.8. The fraction of sp³-hybridized carbons (Fsp3) is 0.467. The molecule has 8 heteroatoms. The zero-order valence-corrected chi connectivity index (χ0v) is 12.9. The number of carbonyl (C=O) groups excluding carboxylic acids is 1. The van der Waals surface area contributed by atoms with E-state index < -0.39 is 47.8 Å². The van der Waals surface area contributed by atoms with Crippen molar-refractivity contribution in [3.63, 3.8) is 0 Å². The van der Waals surface area contributed by atoms with E-state index >= 15 is 0 Å². The first-order chi connectivity index (χ1) is 10.5. The van der Waals surface area contributed by atoms with Gasteiger partial charge in [0, 0.05) is 5.69 Å². The Morgan fingerprint density at radius 3 is 2.35 bits per heavy atom. The quantitative estimate of drug-likeness (QED) is 0.854. The highest BCUT2D eigenvalue weighted by Crippen LogP contribution is 2.30. The number of alkyl halides is 2. The van der Waals surface area contributed by atoms with E-state index in [1.54, 1.807) is 20.8 Å². The molecule has 0 heterocycles. The number of carbonyl (C=O) groups is 2. The highest BCUT2D eigenvalue weighted by Gasteiger charge is 2.28. The zero-order chi connectivity index (χ0) is 17.8. The van der Waals surface area contributed by atoms with Gasteiger partial charge in [-0.1, -0.05) is 6.07 Å². The summed E-state index contributed by atoms with van der Waals surface area (Å²) in [5.74, 6) is -4.24. The van der Waals surface area contributed by atoms with Crippen molar-refractivity contribution in [1.29, 1.82) is 0 Å². The fourth-order valence-electron chi connectivity index (χ4n) is 1.85. The first kappa shape index (κ1) is 18.8. The van der Waals surface area contributed by atoms with Crippen LogP contribution in [0.3, 0.4) is 0 Å². The van der Waals surface area contributed by atoms with Gasteiger partial charge in [0.05, 0.1) is 12.3 Å². The first-order valence-corrected chi connectivity index (χ1v) is 6.79. The molecule has 1 unspecified atom stereocenters. The number of hydrogen-bond donors (Lipinski definition) is 2. The number of hydrogen-bond acceptors (Lipinski definition) is 3. The molecule has 128 valence electrons. The summed E-state index contributed by atoms with van der Waals surface area (Å²) in [6, 6.07) is 3.08. The highest BCUT2D eigenvalue weighted by molar-refractivity contribution is 5.84. The molecule has 0 aliphatic carbocycles. The Labute approximate surface area is 131 Å². The maximum atomic E-state index is 14.0. The van der Waals surface area contributed by atoms with Crippen LogP contribution in [-0.4, -0.2) is 29.2 Å². The van der Waals surface area contributed by atoms with Crippen molar-refractivity contribution in [2.45, 2.75) is 45.1 Å². The van der Waals surface area contributed by atoms with Crippen LogP contribution in [0, 0.1) is 5.82 Å². The van der Waals surface area contributed by atoms with Gasteiger partial charge in [0.25, 0.3) is 0 Å². The Kier molecular flexibility index (Phi) is 6.00. The molecule has 0 bridgehead atoms. The van der Waals surface area contributed by atoms with E-state index in [2.05, 4.69) is 5.32 Å². The van der Waals surface area contributed by atoms with Gasteiger partial charge >= 0.3 is 12.1 Å². The predicted molar refractivity (Wildman–Crippen MR) is 77.3 cm³/mol. The fourth-order valence-corrected chi connectivity index (χ4v) is 1.85. The molecule has 1 rings (SSSR count). The van der Waals surface area contributed by atoms with Crippen molar-refractivity contribution in [3.05, 3.63) is 29.6 Å². The predicted octanol–water partition coefficient (Wildman–Crippen LogP) is 4.00. The summed E-state index contributed by atoms with van der Waals surface area (Å²) in [5, 5.41) is 10.9. The number of nitrogens with one attached hydrogen (secondary N) is 1. The second kappa shape index (κ2) is 7.34. The Morgan fingerprint density at radius 2 is 1.91 bits per heavy atom. The SMILES string of the molecule is CC(C)(C)OC(=O)Nc1ccc(C(CC(=O)O)C(F)F)c(F)c1. The van der Waals surface area contributed by atoms with E-state index in [9.17, 15) is 22.8 Å². The molecular weight excluding hydrogens is 315 g/mol. The number of anilines is 1. The van der Waals surface area contributed by atoms with Gasteiger partial charge < -0.3 is 9.84 Å². The molecule has 0 aliphatic rings. The van der Waals surface area contributed by atoms with E-state index in [0.717, 1.165) is 12.1 Å². The number of halogens is 3. The van der Waals surface area contributed by atoms with Gasteiger partial charge in [-0.3, -0.25) is 10.1 Å². The van der Waals surface area contributed by atoms with Crippen LogP contribution >= 0.6 is 0 Å². The van der Waals surface area contributed by atoms with Gasteiger partial charge in [0.2, 0.25) is 6.43 Å². The number of ether oxygens (including phenoxy) is 1. The van der Waals surface area contributed by atoms with Crippen LogP contribution in [0.4, 0.5) is 23.7 Å². The molecule has 23 heavy (non-hydrogen) atoms. The smallest absolute Gasteiger partial charge is 0.412 e. The average Bonchev–Trinajstić information content (AvgIpc) is 2.33. The van der Waals surface area contributed by atoms with Crippen LogP contribution in [0.1, 0.15) is 38.7 Å². The molecule has 5 nitrogen and oxygen atoms in total. The molecule has 0 saturated carbocycles. The molecule has 1 atom stereocenters. The topological polar surface area (TPSA) is 75.6 Å². The van der Waals surface area contributed by atoms with Gasteiger partial charge in [-0.2, -0.15) is 0 Å². The number of carboxylic acid groups (broad SMARTS) is 1. The molecule has 0 aliphatic heterocycles. The second-order valence-corrected chi connectivity index (χ2v) is 5.90. The maximum absolute atomic E-state index is 14.0. The number of aliphatic carboxylic acids is 1. The minimum absolute atomic E-state index is 0.0174. The summed E-state index contributed by atoms with van der Waals surface area (Å²) in [6.45, 7) is 4.94. The second-order valence-electron chi connectivity index (χ2n) is 5.90. The van der Waals surface area contributed by atoms with Gasteiger partial charge in [0.15, 0.2) is 0 Å². The standard InChI is InChI=1S/C15H18F3NO4/c1-15(2,3)23-14(22)19-8-4-5-9(11(16)6-8)10(13(17)18)7-12(20)21/h4-6,10,13H,7H2,1-3H3,(H,19,22)(H,20,21). The van der Waals surface area contributed by atoms with Gasteiger partial charge in [-0.15, -0.1) is 0 Å². The largest absolute Gasteiger partial charge is 0.481 e. The summed E-state index contributed by atoms with van der Waals surface area (Å²) in [7, 11) is 0. The lowest BCUT2D eigenvalue weighted by atomic mass is 9.95. The third kappa shape index (κ3) is 6.17. The molecular formula is C15H18F3NO4. The lowest BCUT2D eigenvalue weighted by Gasteiger charge is -2.20. The molecule has 1 amide bonds. The van der Waals surface area contributed by atoms with Crippen LogP contribution in [-0.2, 0) is 9.53 Å². The number of benzene rings is 1. The molecule has 1 aromatic carbocycles. The van der Waals surface area contributed by atoms with Crippen LogP contribution in [0.2, 0.25) is 0 Å². The van der Waals surface area contributed by atoms with Gasteiger partial charge in [0.1, 0.15) is 11.4 Å². The summed E-state index contributed by atoms with van der Waals surface area (Å²) in [4.78, 5) is 22.2. The molecule has 0 aromatic heterocycles. The van der Waals surface area contributed by atoms with Crippen LogP contribution in [0.5, 0.6) is 0 Å². The highest BCUT2D eigenvalue weighted by atomic mass is 19.3. The van der Waals surface area contributed by atoms with Crippen molar-refractivity contribution in [1.82, 2.24) is 0 Å². The lowest BCUT2D eigenvalue weighted by Crippen LogP contribution is -2.27. The van der Waals surface area contributed by atoms with E-state index in [4.69, 9.17) is 9.84 Å².